The minimum Gasteiger partial charge on any atom is -0.375 e. The average molecular weight is 295 g/mol. The van der Waals surface area contributed by atoms with Crippen molar-refractivity contribution in [3.05, 3.63) is 30.1 Å². The van der Waals surface area contributed by atoms with Crippen LogP contribution in [0.2, 0.25) is 0 Å². The van der Waals surface area contributed by atoms with Gasteiger partial charge in [0.25, 0.3) is 0 Å². The molecule has 0 atom stereocenters. The van der Waals surface area contributed by atoms with Crippen LogP contribution in [-0.2, 0) is 9.53 Å². The lowest BCUT2D eigenvalue weighted by Gasteiger charge is -2.34. The number of halogens is 1. The monoisotopic (exact) mass is 295 g/mol. The zero-order chi connectivity index (χ0) is 15.2. The first-order valence-electron chi connectivity index (χ1n) is 6.68. The van der Waals surface area contributed by atoms with Crippen molar-refractivity contribution in [3.63, 3.8) is 0 Å². The molecule has 0 bridgehead atoms. The normalized spacial score (nSPS) is 15.0. The Kier molecular flexibility index (Phi) is 5.10. The highest BCUT2D eigenvalue weighted by Gasteiger charge is 2.23. The molecule has 1 aromatic carbocycles. The van der Waals surface area contributed by atoms with Crippen molar-refractivity contribution in [3.8, 4) is 0 Å². The van der Waals surface area contributed by atoms with Crippen LogP contribution in [0.5, 0.6) is 0 Å². The Bertz CT molecular complexity index is 499. The second kappa shape index (κ2) is 7.03. The van der Waals surface area contributed by atoms with Crippen molar-refractivity contribution < 1.29 is 18.7 Å². The highest BCUT2D eigenvalue weighted by molar-refractivity contribution is 5.89. The van der Waals surface area contributed by atoms with Crippen LogP contribution in [-0.4, -0.2) is 61.6 Å². The predicted octanol–water partition coefficient (Wildman–Crippen LogP) is 1.15. The number of nitrogens with zero attached hydrogens (tertiary/aromatic N) is 2. The van der Waals surface area contributed by atoms with E-state index in [0.29, 0.717) is 31.9 Å². The Morgan fingerprint density at radius 1 is 1.14 bits per heavy atom. The van der Waals surface area contributed by atoms with E-state index >= 15 is 0 Å². The Morgan fingerprint density at radius 2 is 1.71 bits per heavy atom. The summed E-state index contributed by atoms with van der Waals surface area (Å²) in [5.41, 5.74) is 0.541. The first kappa shape index (κ1) is 15.2. The number of anilines is 1. The van der Waals surface area contributed by atoms with Gasteiger partial charge in [-0.15, -0.1) is 0 Å². The van der Waals surface area contributed by atoms with Crippen LogP contribution < -0.4 is 5.32 Å². The minimum atomic E-state index is -0.349. The van der Waals surface area contributed by atoms with Gasteiger partial charge >= 0.3 is 6.03 Å². The molecule has 1 fully saturated rings. The lowest BCUT2D eigenvalue weighted by atomic mass is 10.3. The number of amides is 3. The molecule has 0 spiro atoms. The van der Waals surface area contributed by atoms with Gasteiger partial charge in [-0.1, -0.05) is 0 Å². The van der Waals surface area contributed by atoms with Crippen LogP contribution in [0.25, 0.3) is 0 Å². The number of urea groups is 1. The Hall–Kier alpha value is -2.15. The van der Waals surface area contributed by atoms with Gasteiger partial charge in [0, 0.05) is 39.0 Å². The summed E-state index contributed by atoms with van der Waals surface area (Å²) in [6, 6.07) is 5.34. The van der Waals surface area contributed by atoms with E-state index in [9.17, 15) is 14.0 Å². The zero-order valence-corrected chi connectivity index (χ0v) is 11.8. The Morgan fingerprint density at radius 3 is 2.29 bits per heavy atom. The molecule has 2 rings (SSSR count). The SMILES string of the molecule is COCC(=O)N1CCN(C(=O)Nc2ccc(F)cc2)CC1. The molecule has 3 amide bonds. The maximum Gasteiger partial charge on any atom is 0.321 e. The predicted molar refractivity (Wildman–Crippen MR) is 75.4 cm³/mol. The van der Waals surface area contributed by atoms with Gasteiger partial charge in [0.1, 0.15) is 12.4 Å². The van der Waals surface area contributed by atoms with Crippen molar-refractivity contribution in [2.45, 2.75) is 0 Å². The van der Waals surface area contributed by atoms with Crippen LogP contribution in [0.4, 0.5) is 14.9 Å². The van der Waals surface area contributed by atoms with Gasteiger partial charge in [-0.2, -0.15) is 0 Å². The topological polar surface area (TPSA) is 61.9 Å². The molecule has 1 saturated heterocycles. The molecule has 0 aliphatic carbocycles. The van der Waals surface area contributed by atoms with E-state index in [1.807, 2.05) is 0 Å². The lowest BCUT2D eigenvalue weighted by molar-refractivity contribution is -0.136. The fourth-order valence-corrected chi connectivity index (χ4v) is 2.11. The molecule has 1 N–H and O–H groups in total. The fourth-order valence-electron chi connectivity index (χ4n) is 2.11. The molecule has 1 aromatic rings. The van der Waals surface area contributed by atoms with Gasteiger partial charge in [0.05, 0.1) is 0 Å². The molecule has 21 heavy (non-hydrogen) atoms. The van der Waals surface area contributed by atoms with E-state index in [2.05, 4.69) is 5.32 Å². The van der Waals surface area contributed by atoms with Gasteiger partial charge in [-0.3, -0.25) is 4.79 Å². The van der Waals surface area contributed by atoms with Crippen molar-refractivity contribution in [2.24, 2.45) is 0 Å². The molecular formula is C14H18FN3O3. The summed E-state index contributed by atoms with van der Waals surface area (Å²) < 4.78 is 17.6. The van der Waals surface area contributed by atoms with Gasteiger partial charge in [-0.05, 0) is 24.3 Å². The van der Waals surface area contributed by atoms with Crippen LogP contribution in [0.1, 0.15) is 0 Å². The molecular weight excluding hydrogens is 277 g/mol. The van der Waals surface area contributed by atoms with Gasteiger partial charge in [0.15, 0.2) is 0 Å². The largest absolute Gasteiger partial charge is 0.375 e. The number of piperazine rings is 1. The fraction of sp³-hybridized carbons (Fsp3) is 0.429. The third-order valence-corrected chi connectivity index (χ3v) is 3.28. The van der Waals surface area contributed by atoms with Crippen molar-refractivity contribution >= 4 is 17.6 Å². The van der Waals surface area contributed by atoms with Gasteiger partial charge in [-0.25, -0.2) is 9.18 Å². The second-order valence-corrected chi connectivity index (χ2v) is 4.74. The van der Waals surface area contributed by atoms with E-state index in [0.717, 1.165) is 0 Å². The quantitative estimate of drug-likeness (QED) is 0.910. The molecule has 1 aliphatic rings. The number of methoxy groups -OCH3 is 1. The summed E-state index contributed by atoms with van der Waals surface area (Å²) >= 11 is 0. The average Bonchev–Trinajstić information content (AvgIpc) is 2.50. The third-order valence-electron chi connectivity index (χ3n) is 3.28. The highest BCUT2D eigenvalue weighted by atomic mass is 19.1. The lowest BCUT2D eigenvalue weighted by Crippen LogP contribution is -2.52. The van der Waals surface area contributed by atoms with Crippen LogP contribution in [0, 0.1) is 5.82 Å². The number of ether oxygens (including phenoxy) is 1. The smallest absolute Gasteiger partial charge is 0.321 e. The number of hydrogen-bond donors (Lipinski definition) is 1. The van der Waals surface area contributed by atoms with Crippen LogP contribution >= 0.6 is 0 Å². The maximum atomic E-state index is 12.8. The van der Waals surface area contributed by atoms with E-state index in [4.69, 9.17) is 4.74 Å². The van der Waals surface area contributed by atoms with E-state index in [-0.39, 0.29) is 24.4 Å². The summed E-state index contributed by atoms with van der Waals surface area (Å²) in [5, 5.41) is 2.70. The van der Waals surface area contributed by atoms with Crippen molar-refractivity contribution in [1.29, 1.82) is 0 Å². The summed E-state index contributed by atoms with van der Waals surface area (Å²) in [5.74, 6) is -0.422. The Balaban J connectivity index is 1.83. The second-order valence-electron chi connectivity index (χ2n) is 4.74. The van der Waals surface area contributed by atoms with E-state index in [1.165, 1.54) is 31.4 Å². The summed E-state index contributed by atoms with van der Waals surface area (Å²) in [6.45, 7) is 1.95. The summed E-state index contributed by atoms with van der Waals surface area (Å²) in [6.07, 6.45) is 0. The molecule has 1 heterocycles. The summed E-state index contributed by atoms with van der Waals surface area (Å²) in [7, 11) is 1.48. The number of nitrogens with one attached hydrogen (secondary N) is 1. The zero-order valence-electron chi connectivity index (χ0n) is 11.8. The highest BCUT2D eigenvalue weighted by Crippen LogP contribution is 2.10. The van der Waals surface area contributed by atoms with Crippen LogP contribution in [0.3, 0.4) is 0 Å². The maximum absolute atomic E-state index is 12.8. The van der Waals surface area contributed by atoms with Crippen molar-refractivity contribution in [2.75, 3.05) is 45.2 Å². The molecule has 0 unspecified atom stereocenters. The number of carbonyl (C=O) groups is 2. The van der Waals surface area contributed by atoms with Gasteiger partial charge < -0.3 is 19.9 Å². The third kappa shape index (κ3) is 4.16. The minimum absolute atomic E-state index is 0.0573. The molecule has 1 aliphatic heterocycles. The Labute approximate surface area is 122 Å². The number of carbonyl (C=O) groups excluding carboxylic acids is 2. The molecule has 0 radical (unpaired) electrons. The molecule has 6 nitrogen and oxygen atoms in total. The van der Waals surface area contributed by atoms with Crippen molar-refractivity contribution in [1.82, 2.24) is 9.80 Å². The van der Waals surface area contributed by atoms with E-state index in [1.54, 1.807) is 9.80 Å². The summed E-state index contributed by atoms with van der Waals surface area (Å²) in [4.78, 5) is 27.0. The number of benzene rings is 1. The standard InChI is InChI=1S/C14H18FN3O3/c1-21-10-13(19)17-6-8-18(9-7-17)14(20)16-12-4-2-11(15)3-5-12/h2-5H,6-10H2,1H3,(H,16,20). The van der Waals surface area contributed by atoms with Gasteiger partial charge in [0.2, 0.25) is 5.91 Å². The van der Waals surface area contributed by atoms with Crippen LogP contribution in [0.15, 0.2) is 24.3 Å². The van der Waals surface area contributed by atoms with E-state index < -0.39 is 0 Å². The molecule has 114 valence electrons. The molecule has 0 saturated carbocycles. The molecule has 0 aromatic heterocycles. The first-order valence-corrected chi connectivity index (χ1v) is 6.68. The number of rotatable bonds is 3. The number of hydrogen-bond acceptors (Lipinski definition) is 3. The molecule has 7 heteroatoms. The first-order chi connectivity index (χ1) is 10.1.